The fourth-order valence-electron chi connectivity index (χ4n) is 2.77. The van der Waals surface area contributed by atoms with Crippen LogP contribution in [0.3, 0.4) is 0 Å². The first-order valence-electron chi connectivity index (χ1n) is 8.05. The molecule has 1 aliphatic rings. The van der Waals surface area contributed by atoms with E-state index in [0.717, 1.165) is 30.7 Å². The Kier molecular flexibility index (Phi) is 5.47. The molecule has 0 saturated carbocycles. The molecule has 1 aromatic rings. The molecule has 2 heterocycles. The zero-order valence-electron chi connectivity index (χ0n) is 14.3. The van der Waals surface area contributed by atoms with E-state index in [-0.39, 0.29) is 5.54 Å². The molecule has 4 nitrogen and oxygen atoms in total. The summed E-state index contributed by atoms with van der Waals surface area (Å²) in [5.41, 5.74) is 0.126. The van der Waals surface area contributed by atoms with Crippen molar-refractivity contribution in [2.75, 3.05) is 27.2 Å². The molecule has 0 atom stereocenters. The minimum Gasteiger partial charge on any atom is -0.463 e. The van der Waals surface area contributed by atoms with Crippen LogP contribution in [0.1, 0.15) is 45.1 Å². The molecule has 21 heavy (non-hydrogen) atoms. The Bertz CT molecular complexity index is 425. The van der Waals surface area contributed by atoms with E-state index < -0.39 is 0 Å². The molecule has 120 valence electrons. The third-order valence-electron chi connectivity index (χ3n) is 4.18. The summed E-state index contributed by atoms with van der Waals surface area (Å²) in [5.74, 6) is 2.12. The van der Waals surface area contributed by atoms with Crippen molar-refractivity contribution >= 4 is 0 Å². The largest absolute Gasteiger partial charge is 0.463 e. The number of hydrogen-bond acceptors (Lipinski definition) is 4. The lowest BCUT2D eigenvalue weighted by atomic mass is 10.0. The van der Waals surface area contributed by atoms with Crippen molar-refractivity contribution < 1.29 is 4.42 Å². The molecule has 0 aromatic carbocycles. The second-order valence-electron chi connectivity index (χ2n) is 7.44. The van der Waals surface area contributed by atoms with Gasteiger partial charge in [0, 0.05) is 24.7 Å². The fraction of sp³-hybridized carbons (Fsp3) is 0.765. The molecule has 1 N–H and O–H groups in total. The second kappa shape index (κ2) is 6.95. The quantitative estimate of drug-likeness (QED) is 0.904. The molecular formula is C17H31N3O. The Morgan fingerprint density at radius 1 is 1.19 bits per heavy atom. The smallest absolute Gasteiger partial charge is 0.118 e. The first-order chi connectivity index (χ1) is 9.83. The standard InChI is InChI=1S/C17H31N3O/c1-17(2,3)18-12-15-6-7-16(21-15)13-20-10-8-14(9-11-20)19(4)5/h6-7,14,18H,8-13H2,1-5H3. The van der Waals surface area contributed by atoms with E-state index in [4.69, 9.17) is 4.42 Å². The molecule has 0 bridgehead atoms. The monoisotopic (exact) mass is 293 g/mol. The van der Waals surface area contributed by atoms with Crippen LogP contribution in [0.15, 0.2) is 16.5 Å². The van der Waals surface area contributed by atoms with Crippen LogP contribution in [0.4, 0.5) is 0 Å². The third kappa shape index (κ3) is 5.46. The van der Waals surface area contributed by atoms with Gasteiger partial charge in [-0.05, 0) is 59.8 Å². The predicted octanol–water partition coefficient (Wildman–Crippen LogP) is 2.69. The predicted molar refractivity (Wildman–Crippen MR) is 87.3 cm³/mol. The van der Waals surface area contributed by atoms with E-state index in [1.165, 1.54) is 25.9 Å². The molecular weight excluding hydrogens is 262 g/mol. The first-order valence-corrected chi connectivity index (χ1v) is 8.05. The summed E-state index contributed by atoms with van der Waals surface area (Å²) in [4.78, 5) is 4.85. The minimum atomic E-state index is 0.126. The molecule has 0 radical (unpaired) electrons. The van der Waals surface area contributed by atoms with Gasteiger partial charge in [-0.1, -0.05) is 0 Å². The lowest BCUT2D eigenvalue weighted by Crippen LogP contribution is -2.41. The first kappa shape index (κ1) is 16.5. The molecule has 0 spiro atoms. The maximum absolute atomic E-state index is 5.94. The highest BCUT2D eigenvalue weighted by molar-refractivity contribution is 5.07. The molecule has 2 rings (SSSR count). The zero-order valence-corrected chi connectivity index (χ0v) is 14.3. The summed E-state index contributed by atoms with van der Waals surface area (Å²) in [5, 5.41) is 3.46. The van der Waals surface area contributed by atoms with Crippen molar-refractivity contribution in [2.45, 2.75) is 58.3 Å². The minimum absolute atomic E-state index is 0.126. The maximum Gasteiger partial charge on any atom is 0.118 e. The Morgan fingerprint density at radius 2 is 1.81 bits per heavy atom. The number of nitrogens with one attached hydrogen (secondary N) is 1. The van der Waals surface area contributed by atoms with E-state index >= 15 is 0 Å². The van der Waals surface area contributed by atoms with Gasteiger partial charge >= 0.3 is 0 Å². The summed E-state index contributed by atoms with van der Waals surface area (Å²) in [6.07, 6.45) is 2.51. The molecule has 1 saturated heterocycles. The maximum atomic E-state index is 5.94. The van der Waals surface area contributed by atoms with Crippen molar-refractivity contribution in [3.05, 3.63) is 23.7 Å². The average Bonchev–Trinajstić information content (AvgIpc) is 2.84. The number of furan rings is 1. The van der Waals surface area contributed by atoms with Crippen molar-refractivity contribution in [1.82, 2.24) is 15.1 Å². The number of likely N-dealkylation sites (tertiary alicyclic amines) is 1. The molecule has 4 heteroatoms. The van der Waals surface area contributed by atoms with Crippen LogP contribution in [-0.2, 0) is 13.1 Å². The van der Waals surface area contributed by atoms with Crippen LogP contribution in [0.25, 0.3) is 0 Å². The van der Waals surface area contributed by atoms with Crippen LogP contribution in [0.5, 0.6) is 0 Å². The van der Waals surface area contributed by atoms with Crippen LogP contribution in [0.2, 0.25) is 0 Å². The lowest BCUT2D eigenvalue weighted by molar-refractivity contribution is 0.133. The number of rotatable bonds is 5. The van der Waals surface area contributed by atoms with Crippen LogP contribution in [-0.4, -0.2) is 48.6 Å². The van der Waals surface area contributed by atoms with Crippen molar-refractivity contribution in [2.24, 2.45) is 0 Å². The number of piperidine rings is 1. The zero-order chi connectivity index (χ0) is 15.5. The highest BCUT2D eigenvalue weighted by atomic mass is 16.3. The summed E-state index contributed by atoms with van der Waals surface area (Å²) >= 11 is 0. The van der Waals surface area contributed by atoms with Gasteiger partial charge in [-0.3, -0.25) is 4.90 Å². The summed E-state index contributed by atoms with van der Waals surface area (Å²) in [7, 11) is 4.36. The molecule has 1 aromatic heterocycles. The normalized spacial score (nSPS) is 18.6. The van der Waals surface area contributed by atoms with Crippen LogP contribution in [0, 0.1) is 0 Å². The van der Waals surface area contributed by atoms with Gasteiger partial charge in [0.25, 0.3) is 0 Å². The van der Waals surface area contributed by atoms with Gasteiger partial charge in [0.1, 0.15) is 11.5 Å². The van der Waals surface area contributed by atoms with Gasteiger partial charge in [0.2, 0.25) is 0 Å². The van der Waals surface area contributed by atoms with E-state index in [9.17, 15) is 0 Å². The highest BCUT2D eigenvalue weighted by Crippen LogP contribution is 2.18. The Labute approximate surface area is 129 Å². The molecule has 0 amide bonds. The van der Waals surface area contributed by atoms with Gasteiger partial charge in [0.05, 0.1) is 13.1 Å². The van der Waals surface area contributed by atoms with Gasteiger partial charge < -0.3 is 14.6 Å². The van der Waals surface area contributed by atoms with E-state index in [1.807, 2.05) is 0 Å². The van der Waals surface area contributed by atoms with Crippen molar-refractivity contribution in [3.8, 4) is 0 Å². The van der Waals surface area contributed by atoms with E-state index in [2.05, 4.69) is 62.1 Å². The molecule has 1 fully saturated rings. The van der Waals surface area contributed by atoms with Crippen LogP contribution >= 0.6 is 0 Å². The van der Waals surface area contributed by atoms with Gasteiger partial charge in [-0.2, -0.15) is 0 Å². The molecule has 0 aliphatic carbocycles. The third-order valence-corrected chi connectivity index (χ3v) is 4.18. The van der Waals surface area contributed by atoms with Crippen molar-refractivity contribution in [3.63, 3.8) is 0 Å². The SMILES string of the molecule is CN(C)C1CCN(Cc2ccc(CNC(C)(C)C)o2)CC1. The Hall–Kier alpha value is -0.840. The summed E-state index contributed by atoms with van der Waals surface area (Å²) < 4.78 is 5.94. The Morgan fingerprint density at radius 3 is 2.38 bits per heavy atom. The molecule has 0 unspecified atom stereocenters. The Balaban J connectivity index is 1.78. The van der Waals surface area contributed by atoms with Gasteiger partial charge in [-0.25, -0.2) is 0 Å². The van der Waals surface area contributed by atoms with Crippen LogP contribution < -0.4 is 5.32 Å². The lowest BCUT2D eigenvalue weighted by Gasteiger charge is -2.34. The van der Waals surface area contributed by atoms with Gasteiger partial charge in [-0.15, -0.1) is 0 Å². The van der Waals surface area contributed by atoms with E-state index in [1.54, 1.807) is 0 Å². The molecule has 1 aliphatic heterocycles. The second-order valence-corrected chi connectivity index (χ2v) is 7.44. The van der Waals surface area contributed by atoms with E-state index in [0.29, 0.717) is 0 Å². The topological polar surface area (TPSA) is 31.6 Å². The van der Waals surface area contributed by atoms with Crippen molar-refractivity contribution in [1.29, 1.82) is 0 Å². The number of hydrogen-bond donors (Lipinski definition) is 1. The van der Waals surface area contributed by atoms with Gasteiger partial charge in [0.15, 0.2) is 0 Å². The number of nitrogens with zero attached hydrogens (tertiary/aromatic N) is 2. The summed E-state index contributed by atoms with van der Waals surface area (Å²) in [6, 6.07) is 4.96. The highest BCUT2D eigenvalue weighted by Gasteiger charge is 2.21. The fourth-order valence-corrected chi connectivity index (χ4v) is 2.77. The summed E-state index contributed by atoms with van der Waals surface area (Å²) in [6.45, 7) is 10.6. The average molecular weight is 293 g/mol.